The lowest BCUT2D eigenvalue weighted by Gasteiger charge is -2.10. The minimum absolute atomic E-state index is 0.232. The fraction of sp³-hybridized carbons (Fsp3) is 0.700. The smallest absolute Gasteiger partial charge is 0.0628 e. The van der Waals surface area contributed by atoms with Crippen molar-refractivity contribution < 1.29 is 4.74 Å². The highest BCUT2D eigenvalue weighted by Crippen LogP contribution is 2.48. The molecule has 0 unspecified atom stereocenters. The van der Waals surface area contributed by atoms with Crippen LogP contribution in [0.15, 0.2) is 12.7 Å². The zero-order valence-electron chi connectivity index (χ0n) is 7.38. The van der Waals surface area contributed by atoms with Crippen LogP contribution in [-0.2, 0) is 4.74 Å². The Bertz CT molecular complexity index is 189. The van der Waals surface area contributed by atoms with E-state index in [1.165, 1.54) is 0 Å². The Morgan fingerprint density at radius 3 is 2.83 bits per heavy atom. The summed E-state index contributed by atoms with van der Waals surface area (Å²) in [6, 6.07) is 2.21. The summed E-state index contributed by atoms with van der Waals surface area (Å²) in [4.78, 5) is 0. The van der Waals surface area contributed by atoms with E-state index < -0.39 is 0 Å². The van der Waals surface area contributed by atoms with Crippen LogP contribution in [0.1, 0.15) is 25.7 Å². The first-order chi connectivity index (χ1) is 5.83. The quantitative estimate of drug-likeness (QED) is 0.447. The number of nitrogens with zero attached hydrogens (tertiary/aromatic N) is 1. The third kappa shape index (κ3) is 2.67. The van der Waals surface area contributed by atoms with E-state index in [0.717, 1.165) is 32.5 Å². The van der Waals surface area contributed by atoms with Crippen molar-refractivity contribution in [3.63, 3.8) is 0 Å². The average molecular weight is 165 g/mol. The maximum absolute atomic E-state index is 8.52. The third-order valence-corrected chi connectivity index (χ3v) is 2.29. The molecule has 0 atom stereocenters. The lowest BCUT2D eigenvalue weighted by Crippen LogP contribution is -2.10. The molecule has 12 heavy (non-hydrogen) atoms. The summed E-state index contributed by atoms with van der Waals surface area (Å²) in [5, 5.41) is 8.52. The molecule has 0 aromatic carbocycles. The molecule has 1 rings (SSSR count). The fourth-order valence-electron chi connectivity index (χ4n) is 1.17. The van der Waals surface area contributed by atoms with E-state index in [9.17, 15) is 0 Å². The number of hydrogen-bond donors (Lipinski definition) is 0. The highest BCUT2D eigenvalue weighted by molar-refractivity contribution is 4.99. The third-order valence-electron chi connectivity index (χ3n) is 2.29. The molecule has 0 radical (unpaired) electrons. The monoisotopic (exact) mass is 165 g/mol. The molecule has 0 aliphatic heterocycles. The van der Waals surface area contributed by atoms with Crippen molar-refractivity contribution in [2.24, 2.45) is 5.41 Å². The van der Waals surface area contributed by atoms with Crippen molar-refractivity contribution in [1.29, 1.82) is 5.26 Å². The van der Waals surface area contributed by atoms with E-state index >= 15 is 0 Å². The van der Waals surface area contributed by atoms with Gasteiger partial charge in [-0.05, 0) is 19.3 Å². The first-order valence-corrected chi connectivity index (χ1v) is 4.39. The van der Waals surface area contributed by atoms with E-state index in [4.69, 9.17) is 10.00 Å². The largest absolute Gasteiger partial charge is 0.381 e. The molecule has 0 N–H and O–H groups in total. The van der Waals surface area contributed by atoms with Crippen LogP contribution < -0.4 is 0 Å². The maximum Gasteiger partial charge on any atom is 0.0628 e. The lowest BCUT2D eigenvalue weighted by atomic mass is 10.1. The van der Waals surface area contributed by atoms with Gasteiger partial charge in [0, 0.05) is 11.8 Å². The first kappa shape index (κ1) is 9.28. The molecule has 2 heteroatoms. The van der Waals surface area contributed by atoms with E-state index in [-0.39, 0.29) is 5.41 Å². The second kappa shape index (κ2) is 4.27. The van der Waals surface area contributed by atoms with Gasteiger partial charge in [-0.25, -0.2) is 0 Å². The van der Waals surface area contributed by atoms with E-state index in [1.54, 1.807) is 0 Å². The van der Waals surface area contributed by atoms with Crippen molar-refractivity contribution in [2.75, 3.05) is 13.2 Å². The summed E-state index contributed by atoms with van der Waals surface area (Å²) in [5.41, 5.74) is 0.232. The van der Waals surface area contributed by atoms with Crippen molar-refractivity contribution in [3.05, 3.63) is 12.7 Å². The minimum atomic E-state index is 0.232. The van der Waals surface area contributed by atoms with Gasteiger partial charge in [-0.3, -0.25) is 0 Å². The van der Waals surface area contributed by atoms with Gasteiger partial charge in [-0.15, -0.1) is 6.58 Å². The van der Waals surface area contributed by atoms with E-state index in [0.29, 0.717) is 6.42 Å². The summed E-state index contributed by atoms with van der Waals surface area (Å²) in [6.45, 7) is 5.12. The van der Waals surface area contributed by atoms with Crippen LogP contribution in [-0.4, -0.2) is 13.2 Å². The molecule has 66 valence electrons. The Labute approximate surface area is 73.8 Å². The van der Waals surface area contributed by atoms with Gasteiger partial charge in [0.15, 0.2) is 0 Å². The van der Waals surface area contributed by atoms with Gasteiger partial charge in [0.1, 0.15) is 0 Å². The summed E-state index contributed by atoms with van der Waals surface area (Å²) < 4.78 is 5.43. The lowest BCUT2D eigenvalue weighted by molar-refractivity contribution is 0.0953. The molecular formula is C10H15NO. The Balaban J connectivity index is 2.06. The molecule has 0 aromatic rings. The molecule has 0 amide bonds. The number of hydrogen-bond acceptors (Lipinski definition) is 2. The number of nitriles is 1. The molecule has 2 nitrogen and oxygen atoms in total. The first-order valence-electron chi connectivity index (χ1n) is 4.39. The van der Waals surface area contributed by atoms with Gasteiger partial charge in [0.25, 0.3) is 0 Å². The van der Waals surface area contributed by atoms with Gasteiger partial charge in [-0.2, -0.15) is 5.26 Å². The standard InChI is InChI=1S/C10H15NO/c1-2-3-8-12-9-10(4-5-10)6-7-11/h2H,1,3-6,8-9H2. The summed E-state index contributed by atoms with van der Waals surface area (Å²) in [6.07, 6.45) is 5.73. The van der Waals surface area contributed by atoms with Crippen LogP contribution in [0.3, 0.4) is 0 Å². The second-order valence-electron chi connectivity index (χ2n) is 3.46. The van der Waals surface area contributed by atoms with Crippen molar-refractivity contribution in [2.45, 2.75) is 25.7 Å². The fourth-order valence-corrected chi connectivity index (χ4v) is 1.17. The maximum atomic E-state index is 8.52. The van der Waals surface area contributed by atoms with Crippen LogP contribution in [0, 0.1) is 16.7 Å². The van der Waals surface area contributed by atoms with Crippen LogP contribution >= 0.6 is 0 Å². The molecule has 1 fully saturated rings. The molecule has 0 aromatic heterocycles. The van der Waals surface area contributed by atoms with E-state index in [1.807, 2.05) is 6.08 Å². The molecule has 0 saturated heterocycles. The second-order valence-corrected chi connectivity index (χ2v) is 3.46. The molecule has 0 bridgehead atoms. The number of ether oxygens (including phenoxy) is 1. The molecule has 0 heterocycles. The predicted molar refractivity (Wildman–Crippen MR) is 47.5 cm³/mol. The zero-order valence-corrected chi connectivity index (χ0v) is 7.38. The summed E-state index contributed by atoms with van der Waals surface area (Å²) in [5.74, 6) is 0. The topological polar surface area (TPSA) is 33.0 Å². The van der Waals surface area contributed by atoms with Gasteiger partial charge >= 0.3 is 0 Å². The van der Waals surface area contributed by atoms with Gasteiger partial charge < -0.3 is 4.74 Å². The summed E-state index contributed by atoms with van der Waals surface area (Å²) in [7, 11) is 0. The molecular weight excluding hydrogens is 150 g/mol. The average Bonchev–Trinajstić information content (AvgIpc) is 2.81. The Morgan fingerprint density at radius 2 is 2.33 bits per heavy atom. The van der Waals surface area contributed by atoms with Crippen LogP contribution in [0.25, 0.3) is 0 Å². The Hall–Kier alpha value is -0.810. The van der Waals surface area contributed by atoms with Gasteiger partial charge in [0.2, 0.25) is 0 Å². The van der Waals surface area contributed by atoms with Crippen LogP contribution in [0.2, 0.25) is 0 Å². The predicted octanol–water partition coefficient (Wildman–Crippen LogP) is 2.27. The summed E-state index contributed by atoms with van der Waals surface area (Å²) >= 11 is 0. The molecule has 1 saturated carbocycles. The van der Waals surface area contributed by atoms with Crippen LogP contribution in [0.4, 0.5) is 0 Å². The highest BCUT2D eigenvalue weighted by Gasteiger charge is 2.42. The van der Waals surface area contributed by atoms with Crippen molar-refractivity contribution in [3.8, 4) is 6.07 Å². The normalized spacial score (nSPS) is 18.2. The van der Waals surface area contributed by atoms with E-state index in [2.05, 4.69) is 12.6 Å². The minimum Gasteiger partial charge on any atom is -0.381 e. The Morgan fingerprint density at radius 1 is 1.58 bits per heavy atom. The molecule has 0 spiro atoms. The van der Waals surface area contributed by atoms with Crippen LogP contribution in [0.5, 0.6) is 0 Å². The number of rotatable bonds is 6. The van der Waals surface area contributed by atoms with Crippen molar-refractivity contribution >= 4 is 0 Å². The zero-order chi connectivity index (χ0) is 8.86. The van der Waals surface area contributed by atoms with Gasteiger partial charge in [0.05, 0.1) is 19.3 Å². The molecule has 1 aliphatic carbocycles. The Kier molecular flexibility index (Phi) is 3.31. The SMILES string of the molecule is C=CCCOCC1(CC#N)CC1. The molecule has 1 aliphatic rings. The van der Waals surface area contributed by atoms with Crippen molar-refractivity contribution in [1.82, 2.24) is 0 Å². The highest BCUT2D eigenvalue weighted by atomic mass is 16.5. The van der Waals surface area contributed by atoms with Gasteiger partial charge in [-0.1, -0.05) is 6.08 Å².